The number of alkyl halides is 3. The van der Waals surface area contributed by atoms with Crippen LogP contribution < -0.4 is 4.74 Å². The molecule has 0 bridgehead atoms. The largest absolute Gasteiger partial charge is 0.496 e. The van der Waals surface area contributed by atoms with E-state index in [-0.39, 0.29) is 10.3 Å². The van der Waals surface area contributed by atoms with Gasteiger partial charge in [0.2, 0.25) is 4.77 Å². The van der Waals surface area contributed by atoms with Crippen molar-refractivity contribution >= 4 is 18.4 Å². The van der Waals surface area contributed by atoms with Gasteiger partial charge in [-0.2, -0.15) is 28.0 Å². The summed E-state index contributed by atoms with van der Waals surface area (Å²) in [7, 11) is 1.51. The predicted molar refractivity (Wildman–Crippen MR) is 93.8 cm³/mol. The Morgan fingerprint density at radius 1 is 1.15 bits per heavy atom. The van der Waals surface area contributed by atoms with Gasteiger partial charge in [-0.15, -0.1) is 0 Å². The molecule has 134 valence electrons. The zero-order chi connectivity index (χ0) is 18.7. The summed E-state index contributed by atoms with van der Waals surface area (Å²) in [5.41, 5.74) is -0.254. The van der Waals surface area contributed by atoms with Crippen LogP contribution in [0.5, 0.6) is 5.75 Å². The summed E-state index contributed by atoms with van der Waals surface area (Å²) >= 11 is 5.14. The van der Waals surface area contributed by atoms with Gasteiger partial charge in [0.15, 0.2) is 5.82 Å². The van der Waals surface area contributed by atoms with Crippen LogP contribution in [0.15, 0.2) is 53.6 Å². The summed E-state index contributed by atoms with van der Waals surface area (Å²) in [6.07, 6.45) is -3.38. The Balaban J connectivity index is 2.07. The van der Waals surface area contributed by atoms with Gasteiger partial charge in [-0.3, -0.25) is 0 Å². The molecule has 0 unspecified atom stereocenters. The van der Waals surface area contributed by atoms with E-state index in [1.165, 1.54) is 30.0 Å². The molecule has 0 amide bonds. The third-order valence-corrected chi connectivity index (χ3v) is 3.84. The molecular weight excluding hydrogens is 365 g/mol. The fourth-order valence-electron chi connectivity index (χ4n) is 2.39. The molecule has 26 heavy (non-hydrogen) atoms. The molecule has 0 atom stereocenters. The minimum Gasteiger partial charge on any atom is -0.496 e. The number of hydrogen-bond acceptors (Lipinski definition) is 4. The molecule has 0 aliphatic heterocycles. The van der Waals surface area contributed by atoms with Crippen molar-refractivity contribution < 1.29 is 17.9 Å². The third kappa shape index (κ3) is 3.52. The van der Waals surface area contributed by atoms with Gasteiger partial charge in [-0.05, 0) is 30.4 Å². The average molecular weight is 378 g/mol. The molecule has 3 rings (SSSR count). The van der Waals surface area contributed by atoms with Gasteiger partial charge >= 0.3 is 6.18 Å². The van der Waals surface area contributed by atoms with Gasteiger partial charge in [0, 0.05) is 5.56 Å². The summed E-state index contributed by atoms with van der Waals surface area (Å²) in [4.78, 5) is 0. The van der Waals surface area contributed by atoms with Crippen LogP contribution in [0.1, 0.15) is 11.1 Å². The van der Waals surface area contributed by atoms with Crippen LogP contribution in [-0.4, -0.2) is 28.2 Å². The molecule has 2 aromatic carbocycles. The van der Waals surface area contributed by atoms with E-state index < -0.39 is 11.7 Å². The van der Waals surface area contributed by atoms with Crippen molar-refractivity contribution in [3.63, 3.8) is 0 Å². The summed E-state index contributed by atoms with van der Waals surface area (Å²) in [6, 6.07) is 12.2. The maximum atomic E-state index is 13.1. The quantitative estimate of drug-likeness (QED) is 0.537. The fraction of sp³-hybridized carbons (Fsp3) is 0.118. The van der Waals surface area contributed by atoms with Crippen molar-refractivity contribution in [2.75, 3.05) is 7.11 Å². The second-order valence-electron chi connectivity index (χ2n) is 5.19. The normalized spacial score (nSPS) is 11.8. The Hall–Kier alpha value is -2.94. The molecule has 0 fully saturated rings. The SMILES string of the molecule is COc1ccccc1-c1n[nH]c(=S)n1/N=C/c1ccccc1C(F)(F)F. The Morgan fingerprint density at radius 3 is 2.58 bits per heavy atom. The van der Waals surface area contributed by atoms with E-state index in [4.69, 9.17) is 17.0 Å². The van der Waals surface area contributed by atoms with Crippen LogP contribution in [-0.2, 0) is 6.18 Å². The van der Waals surface area contributed by atoms with E-state index in [0.29, 0.717) is 17.1 Å². The number of para-hydroxylation sites is 1. The first-order valence-electron chi connectivity index (χ1n) is 7.43. The number of halogens is 3. The van der Waals surface area contributed by atoms with Gasteiger partial charge in [0.25, 0.3) is 0 Å². The van der Waals surface area contributed by atoms with Crippen molar-refractivity contribution in [1.29, 1.82) is 0 Å². The highest BCUT2D eigenvalue weighted by atomic mass is 32.1. The van der Waals surface area contributed by atoms with Gasteiger partial charge in [-0.1, -0.05) is 30.3 Å². The lowest BCUT2D eigenvalue weighted by Crippen LogP contribution is -2.09. The Bertz CT molecular complexity index is 1010. The van der Waals surface area contributed by atoms with Crippen LogP contribution in [0.3, 0.4) is 0 Å². The molecule has 0 aliphatic rings. The van der Waals surface area contributed by atoms with Crippen molar-refractivity contribution in [2.24, 2.45) is 5.10 Å². The molecular formula is C17H13F3N4OS. The van der Waals surface area contributed by atoms with E-state index in [0.717, 1.165) is 12.3 Å². The first-order valence-corrected chi connectivity index (χ1v) is 7.84. The van der Waals surface area contributed by atoms with E-state index in [1.807, 2.05) is 0 Å². The van der Waals surface area contributed by atoms with Gasteiger partial charge in [-0.25, -0.2) is 5.10 Å². The zero-order valence-electron chi connectivity index (χ0n) is 13.5. The van der Waals surface area contributed by atoms with Crippen molar-refractivity contribution in [3.8, 4) is 17.1 Å². The monoisotopic (exact) mass is 378 g/mol. The number of benzene rings is 2. The average Bonchev–Trinajstić information content (AvgIpc) is 2.99. The van der Waals surface area contributed by atoms with Gasteiger partial charge < -0.3 is 4.74 Å². The first-order chi connectivity index (χ1) is 12.4. The summed E-state index contributed by atoms with van der Waals surface area (Å²) in [5, 5.41) is 10.8. The molecule has 0 spiro atoms. The lowest BCUT2D eigenvalue weighted by molar-refractivity contribution is -0.137. The fourth-order valence-corrected chi connectivity index (χ4v) is 2.57. The second kappa shape index (κ2) is 7.12. The molecule has 0 saturated carbocycles. The highest BCUT2D eigenvalue weighted by molar-refractivity contribution is 7.71. The van der Waals surface area contributed by atoms with E-state index >= 15 is 0 Å². The number of nitrogens with zero attached hydrogens (tertiary/aromatic N) is 3. The summed E-state index contributed by atoms with van der Waals surface area (Å²) < 4.78 is 46.0. The van der Waals surface area contributed by atoms with Crippen LogP contribution in [0, 0.1) is 4.77 Å². The van der Waals surface area contributed by atoms with Crippen LogP contribution >= 0.6 is 12.2 Å². The molecule has 1 heterocycles. The number of rotatable bonds is 4. The molecule has 0 saturated heterocycles. The van der Waals surface area contributed by atoms with E-state index in [1.54, 1.807) is 24.3 Å². The number of methoxy groups -OCH3 is 1. The van der Waals surface area contributed by atoms with Crippen molar-refractivity contribution in [2.45, 2.75) is 6.18 Å². The minimum atomic E-state index is -4.48. The molecule has 0 radical (unpaired) electrons. The van der Waals surface area contributed by atoms with Crippen LogP contribution in [0.25, 0.3) is 11.4 Å². The number of hydrogen-bond donors (Lipinski definition) is 1. The maximum absolute atomic E-state index is 13.1. The molecule has 9 heteroatoms. The molecule has 5 nitrogen and oxygen atoms in total. The number of aromatic nitrogens is 3. The highest BCUT2D eigenvalue weighted by Gasteiger charge is 2.32. The topological polar surface area (TPSA) is 55.2 Å². The van der Waals surface area contributed by atoms with E-state index in [9.17, 15) is 13.2 Å². The Morgan fingerprint density at radius 2 is 1.85 bits per heavy atom. The lowest BCUT2D eigenvalue weighted by atomic mass is 10.1. The van der Waals surface area contributed by atoms with Crippen molar-refractivity contribution in [1.82, 2.24) is 14.9 Å². The second-order valence-corrected chi connectivity index (χ2v) is 5.58. The molecule has 0 aliphatic carbocycles. The van der Waals surface area contributed by atoms with Crippen LogP contribution in [0.2, 0.25) is 0 Å². The molecule has 1 aromatic heterocycles. The lowest BCUT2D eigenvalue weighted by Gasteiger charge is -2.09. The third-order valence-electron chi connectivity index (χ3n) is 3.58. The summed E-state index contributed by atoms with van der Waals surface area (Å²) in [5.74, 6) is 0.863. The number of nitrogens with one attached hydrogen (secondary N) is 1. The standard InChI is InChI=1S/C17H13F3N4OS/c1-25-14-9-5-3-7-12(14)15-22-23-16(26)24(15)21-10-11-6-2-4-8-13(11)17(18,19)20/h2-10H,1H3,(H,23,26)/b21-10+. The maximum Gasteiger partial charge on any atom is 0.417 e. The molecule has 1 N–H and O–H groups in total. The van der Waals surface area contributed by atoms with E-state index in [2.05, 4.69) is 15.3 Å². The summed E-state index contributed by atoms with van der Waals surface area (Å²) in [6.45, 7) is 0. The first kappa shape index (κ1) is 17.9. The number of aromatic amines is 1. The minimum absolute atomic E-state index is 0.0749. The Kier molecular flexibility index (Phi) is 4.90. The molecule has 3 aromatic rings. The predicted octanol–water partition coefficient (Wildman–Crippen LogP) is 4.52. The number of ether oxygens (including phenoxy) is 1. The Labute approximate surface area is 151 Å². The van der Waals surface area contributed by atoms with Crippen LogP contribution in [0.4, 0.5) is 13.2 Å². The smallest absolute Gasteiger partial charge is 0.417 e. The van der Waals surface area contributed by atoms with Crippen molar-refractivity contribution in [3.05, 3.63) is 64.4 Å². The van der Waals surface area contributed by atoms with Gasteiger partial charge in [0.05, 0.1) is 24.5 Å². The highest BCUT2D eigenvalue weighted by Crippen LogP contribution is 2.31. The zero-order valence-corrected chi connectivity index (χ0v) is 14.3. The number of H-pyrrole nitrogens is 1. The van der Waals surface area contributed by atoms with Gasteiger partial charge in [0.1, 0.15) is 5.75 Å².